The average Bonchev–Trinajstić information content (AvgIpc) is 3.17. The van der Waals surface area contributed by atoms with Crippen molar-refractivity contribution in [2.45, 2.75) is 16.8 Å². The van der Waals surface area contributed by atoms with E-state index >= 15 is 0 Å². The highest BCUT2D eigenvalue weighted by Crippen LogP contribution is 2.37. The fourth-order valence-electron chi connectivity index (χ4n) is 3.11. The molecule has 9 heteroatoms. The summed E-state index contributed by atoms with van der Waals surface area (Å²) in [4.78, 5) is 28.1. The number of carbonyl (C=O) groups is 2. The van der Waals surface area contributed by atoms with Gasteiger partial charge in [0.2, 0.25) is 0 Å². The molecule has 2 aromatic carbocycles. The van der Waals surface area contributed by atoms with Crippen LogP contribution >= 0.6 is 11.8 Å². The normalized spacial score (nSPS) is 11.1. The molecule has 8 nitrogen and oxygen atoms in total. The lowest BCUT2D eigenvalue weighted by molar-refractivity contribution is -0.135. The minimum atomic E-state index is -1.19. The minimum Gasteiger partial charge on any atom is -0.507 e. The van der Waals surface area contributed by atoms with Crippen molar-refractivity contribution >= 4 is 40.1 Å². The van der Waals surface area contributed by atoms with Crippen molar-refractivity contribution in [2.75, 3.05) is 6.54 Å². The van der Waals surface area contributed by atoms with Crippen LogP contribution in [0.25, 0.3) is 16.4 Å². The number of hydrogen-bond acceptors (Lipinski definition) is 6. The molecule has 0 aliphatic rings. The Balaban J connectivity index is 1.78. The van der Waals surface area contributed by atoms with Gasteiger partial charge in [-0.05, 0) is 29.3 Å². The summed E-state index contributed by atoms with van der Waals surface area (Å²) in [6.07, 6.45) is 1.28. The standard InChI is InChI=1S/C20H16N4O4S/c1-11-4-2-6-13-12(11)5-3-7-15(13)29-16-8-14(25)18(19-22-10-23-24(16)19)20(28)21-9-17(26)27/h2-8,10,25H,9H2,1H3,(H,21,28)(H,26,27). The lowest BCUT2D eigenvalue weighted by Crippen LogP contribution is -2.29. The monoisotopic (exact) mass is 408 g/mol. The molecule has 0 aliphatic heterocycles. The third-order valence-corrected chi connectivity index (χ3v) is 5.51. The van der Waals surface area contributed by atoms with Gasteiger partial charge < -0.3 is 15.5 Å². The van der Waals surface area contributed by atoms with E-state index in [1.807, 2.05) is 43.3 Å². The highest BCUT2D eigenvalue weighted by Gasteiger charge is 2.21. The fraction of sp³-hybridized carbons (Fsp3) is 0.100. The zero-order valence-electron chi connectivity index (χ0n) is 15.3. The third kappa shape index (κ3) is 3.47. The number of aromatic nitrogens is 3. The molecular formula is C20H16N4O4S. The van der Waals surface area contributed by atoms with Gasteiger partial charge in [0.05, 0.1) is 0 Å². The van der Waals surface area contributed by atoms with Crippen molar-refractivity contribution in [3.8, 4) is 5.75 Å². The first-order chi connectivity index (χ1) is 14.0. The summed E-state index contributed by atoms with van der Waals surface area (Å²) < 4.78 is 1.45. The number of carboxylic acid groups (broad SMARTS) is 1. The number of hydrogen-bond donors (Lipinski definition) is 3. The molecule has 0 spiro atoms. The number of pyridine rings is 1. The number of carboxylic acids is 1. The molecule has 0 saturated carbocycles. The van der Waals surface area contributed by atoms with Crippen molar-refractivity contribution in [2.24, 2.45) is 0 Å². The van der Waals surface area contributed by atoms with Gasteiger partial charge in [0.15, 0.2) is 5.65 Å². The first-order valence-corrected chi connectivity index (χ1v) is 9.49. The van der Waals surface area contributed by atoms with Crippen LogP contribution in [0.4, 0.5) is 0 Å². The lowest BCUT2D eigenvalue weighted by Gasteiger charge is -2.12. The van der Waals surface area contributed by atoms with Gasteiger partial charge in [-0.25, -0.2) is 9.50 Å². The molecule has 0 atom stereocenters. The smallest absolute Gasteiger partial charge is 0.322 e. The van der Waals surface area contributed by atoms with Gasteiger partial charge in [-0.15, -0.1) is 0 Å². The maximum absolute atomic E-state index is 12.3. The van der Waals surface area contributed by atoms with Crippen molar-refractivity contribution in [3.63, 3.8) is 0 Å². The van der Waals surface area contributed by atoms with Crippen LogP contribution in [0, 0.1) is 6.92 Å². The van der Waals surface area contributed by atoms with E-state index < -0.39 is 18.4 Å². The Morgan fingerprint density at radius 1 is 1.17 bits per heavy atom. The number of rotatable bonds is 5. The molecule has 0 aliphatic carbocycles. The number of aryl methyl sites for hydroxylation is 1. The average molecular weight is 408 g/mol. The molecule has 0 fully saturated rings. The first kappa shape index (κ1) is 18.8. The van der Waals surface area contributed by atoms with Crippen LogP contribution in [0.15, 0.2) is 58.7 Å². The Morgan fingerprint density at radius 3 is 2.72 bits per heavy atom. The van der Waals surface area contributed by atoms with Crippen LogP contribution in [0.3, 0.4) is 0 Å². The number of aliphatic carboxylic acids is 1. The largest absolute Gasteiger partial charge is 0.507 e. The number of nitrogens with one attached hydrogen (secondary N) is 1. The number of fused-ring (bicyclic) bond motifs is 2. The zero-order chi connectivity index (χ0) is 20.5. The van der Waals surface area contributed by atoms with Crippen molar-refractivity contribution in [1.29, 1.82) is 0 Å². The third-order valence-electron chi connectivity index (χ3n) is 4.44. The maximum atomic E-state index is 12.3. The highest BCUT2D eigenvalue weighted by atomic mass is 32.2. The van der Waals surface area contributed by atoms with E-state index in [1.54, 1.807) is 0 Å². The SMILES string of the molecule is Cc1cccc2c(Sc3cc(O)c(C(=O)NCC(=O)O)c4ncnn34)cccc12. The zero-order valence-corrected chi connectivity index (χ0v) is 16.1. The Kier molecular flexibility index (Phi) is 4.81. The minimum absolute atomic E-state index is 0.123. The number of nitrogens with zero attached hydrogens (tertiary/aromatic N) is 3. The molecule has 29 heavy (non-hydrogen) atoms. The summed E-state index contributed by atoms with van der Waals surface area (Å²) in [5.74, 6) is -2.22. The molecule has 0 bridgehead atoms. The van der Waals surface area contributed by atoms with Crippen LogP contribution in [-0.4, -0.2) is 43.2 Å². The second-order valence-corrected chi connectivity index (χ2v) is 7.41. The van der Waals surface area contributed by atoms with E-state index in [0.29, 0.717) is 5.03 Å². The van der Waals surface area contributed by atoms with Crippen molar-refractivity contribution in [1.82, 2.24) is 19.9 Å². The Hall–Kier alpha value is -3.59. The molecule has 4 rings (SSSR count). The first-order valence-electron chi connectivity index (χ1n) is 8.67. The Labute approximate surface area is 169 Å². The van der Waals surface area contributed by atoms with E-state index in [-0.39, 0.29) is 17.0 Å². The second-order valence-electron chi connectivity index (χ2n) is 6.34. The second kappa shape index (κ2) is 7.44. The molecule has 3 N–H and O–H groups in total. The highest BCUT2D eigenvalue weighted by molar-refractivity contribution is 7.99. The summed E-state index contributed by atoms with van der Waals surface area (Å²) in [6.45, 7) is 1.48. The topological polar surface area (TPSA) is 117 Å². The molecule has 2 aromatic heterocycles. The quantitative estimate of drug-likeness (QED) is 0.465. The number of amides is 1. The van der Waals surface area contributed by atoms with E-state index in [0.717, 1.165) is 21.2 Å². The fourth-order valence-corrected chi connectivity index (χ4v) is 4.16. The molecule has 0 radical (unpaired) electrons. The molecule has 1 amide bonds. The molecule has 146 valence electrons. The van der Waals surface area contributed by atoms with Gasteiger partial charge in [-0.3, -0.25) is 9.59 Å². The van der Waals surface area contributed by atoms with Gasteiger partial charge in [-0.1, -0.05) is 42.1 Å². The summed E-state index contributed by atoms with van der Waals surface area (Å²) in [6, 6.07) is 13.5. The molecule has 2 heterocycles. The van der Waals surface area contributed by atoms with E-state index in [2.05, 4.69) is 15.4 Å². The number of aromatic hydroxyl groups is 1. The summed E-state index contributed by atoms with van der Waals surface area (Å²) in [7, 11) is 0. The van der Waals surface area contributed by atoms with Crippen molar-refractivity contribution < 1.29 is 19.8 Å². The predicted molar refractivity (Wildman–Crippen MR) is 107 cm³/mol. The summed E-state index contributed by atoms with van der Waals surface area (Å²) in [5, 5.41) is 28.4. The van der Waals surface area contributed by atoms with Gasteiger partial charge in [0, 0.05) is 11.0 Å². The van der Waals surface area contributed by atoms with E-state index in [1.165, 1.54) is 28.7 Å². The van der Waals surface area contributed by atoms with E-state index in [9.17, 15) is 14.7 Å². The number of carbonyl (C=O) groups excluding carboxylic acids is 1. The number of benzene rings is 2. The Morgan fingerprint density at radius 2 is 1.93 bits per heavy atom. The summed E-state index contributed by atoms with van der Waals surface area (Å²) in [5.41, 5.74) is 1.18. The van der Waals surface area contributed by atoms with Crippen LogP contribution in [0.5, 0.6) is 5.75 Å². The lowest BCUT2D eigenvalue weighted by atomic mass is 10.1. The molecular weight excluding hydrogens is 392 g/mol. The predicted octanol–water partition coefficient (Wildman–Crippen LogP) is 2.86. The van der Waals surface area contributed by atoms with Crippen molar-refractivity contribution in [3.05, 3.63) is 59.9 Å². The van der Waals surface area contributed by atoms with Gasteiger partial charge >= 0.3 is 5.97 Å². The van der Waals surface area contributed by atoms with Crippen LogP contribution < -0.4 is 5.32 Å². The molecule has 0 unspecified atom stereocenters. The Bertz CT molecular complexity index is 1270. The van der Waals surface area contributed by atoms with Gasteiger partial charge in [-0.2, -0.15) is 5.10 Å². The van der Waals surface area contributed by atoms with Crippen LogP contribution in [0.1, 0.15) is 15.9 Å². The molecule has 0 saturated heterocycles. The van der Waals surface area contributed by atoms with Crippen LogP contribution in [-0.2, 0) is 4.79 Å². The maximum Gasteiger partial charge on any atom is 0.322 e. The molecule has 4 aromatic rings. The van der Waals surface area contributed by atoms with Crippen LogP contribution in [0.2, 0.25) is 0 Å². The summed E-state index contributed by atoms with van der Waals surface area (Å²) >= 11 is 1.39. The van der Waals surface area contributed by atoms with Gasteiger partial charge in [0.1, 0.15) is 29.2 Å². The van der Waals surface area contributed by atoms with E-state index in [4.69, 9.17) is 5.11 Å². The van der Waals surface area contributed by atoms with Gasteiger partial charge in [0.25, 0.3) is 5.91 Å².